The van der Waals surface area contributed by atoms with Crippen LogP contribution >= 0.6 is 0 Å². The van der Waals surface area contributed by atoms with Gasteiger partial charge >= 0.3 is 0 Å². The van der Waals surface area contributed by atoms with Gasteiger partial charge in [-0.1, -0.05) is 12.8 Å². The van der Waals surface area contributed by atoms with E-state index in [0.717, 1.165) is 18.3 Å². The third kappa shape index (κ3) is 2.81. The molecule has 1 heterocycles. The summed E-state index contributed by atoms with van der Waals surface area (Å²) in [6, 6.07) is 3.80. The first kappa shape index (κ1) is 12.0. The second-order valence-electron chi connectivity index (χ2n) is 4.80. The Hall–Kier alpha value is -1.45. The number of aromatic nitrogens is 1. The van der Waals surface area contributed by atoms with E-state index in [-0.39, 0.29) is 0 Å². The van der Waals surface area contributed by atoms with Gasteiger partial charge in [-0.3, -0.25) is 0 Å². The Labute approximate surface area is 103 Å². The van der Waals surface area contributed by atoms with Crippen molar-refractivity contribution in [1.82, 2.24) is 4.98 Å². The minimum absolute atomic E-state index is 0.515. The second-order valence-corrected chi connectivity index (χ2v) is 4.80. The number of anilines is 2. The minimum Gasteiger partial charge on any atom is -0.479 e. The molecular weight excluding hydrogens is 214 g/mol. The van der Waals surface area contributed by atoms with Crippen molar-refractivity contribution in [2.75, 3.05) is 31.3 Å². The standard InChI is InChI=1S/C13H21N3O/c1-16(9-10-5-3-4-6-10)12-8-7-11(14)13(15-12)17-2/h7-8,10H,3-6,9,14H2,1-2H3. The lowest BCUT2D eigenvalue weighted by Crippen LogP contribution is -2.25. The number of hydrogen-bond donors (Lipinski definition) is 1. The van der Waals surface area contributed by atoms with Crippen LogP contribution in [0.3, 0.4) is 0 Å². The van der Waals surface area contributed by atoms with Crippen LogP contribution in [-0.4, -0.2) is 25.7 Å². The molecule has 1 aromatic heterocycles. The molecule has 1 aromatic rings. The maximum atomic E-state index is 5.76. The summed E-state index contributed by atoms with van der Waals surface area (Å²) in [5, 5.41) is 0. The van der Waals surface area contributed by atoms with E-state index in [1.807, 2.05) is 12.1 Å². The van der Waals surface area contributed by atoms with Crippen molar-refractivity contribution in [3.05, 3.63) is 12.1 Å². The minimum atomic E-state index is 0.515. The highest BCUT2D eigenvalue weighted by atomic mass is 16.5. The Bertz CT molecular complexity index is 375. The Balaban J connectivity index is 2.04. The quantitative estimate of drug-likeness (QED) is 0.870. The Kier molecular flexibility index (Phi) is 3.71. The number of ether oxygens (including phenoxy) is 1. The van der Waals surface area contributed by atoms with Gasteiger partial charge < -0.3 is 15.4 Å². The van der Waals surface area contributed by atoms with Gasteiger partial charge in [-0.15, -0.1) is 0 Å². The molecule has 0 aliphatic heterocycles. The number of nitrogen functional groups attached to an aromatic ring is 1. The Morgan fingerprint density at radius 2 is 2.12 bits per heavy atom. The molecule has 2 rings (SSSR count). The van der Waals surface area contributed by atoms with Crippen molar-refractivity contribution < 1.29 is 4.74 Å². The molecule has 1 saturated carbocycles. The molecule has 0 radical (unpaired) electrons. The summed E-state index contributed by atoms with van der Waals surface area (Å²) in [4.78, 5) is 6.60. The first-order valence-corrected chi connectivity index (χ1v) is 6.22. The zero-order valence-corrected chi connectivity index (χ0v) is 10.6. The monoisotopic (exact) mass is 235 g/mol. The predicted octanol–water partition coefficient (Wildman–Crippen LogP) is 2.30. The highest BCUT2D eigenvalue weighted by molar-refractivity contribution is 5.54. The number of methoxy groups -OCH3 is 1. The highest BCUT2D eigenvalue weighted by Crippen LogP contribution is 2.27. The van der Waals surface area contributed by atoms with Gasteiger partial charge in [-0.2, -0.15) is 4.98 Å². The topological polar surface area (TPSA) is 51.4 Å². The predicted molar refractivity (Wildman–Crippen MR) is 70.4 cm³/mol. The lowest BCUT2D eigenvalue weighted by molar-refractivity contribution is 0.400. The fourth-order valence-corrected chi connectivity index (χ4v) is 2.49. The molecule has 0 unspecified atom stereocenters. The molecule has 1 aliphatic carbocycles. The van der Waals surface area contributed by atoms with Crippen LogP contribution in [0.25, 0.3) is 0 Å². The van der Waals surface area contributed by atoms with Gasteiger partial charge in [-0.25, -0.2) is 0 Å². The summed E-state index contributed by atoms with van der Waals surface area (Å²) in [6.07, 6.45) is 5.43. The van der Waals surface area contributed by atoms with Gasteiger partial charge in [-0.05, 0) is 30.9 Å². The van der Waals surface area contributed by atoms with E-state index in [9.17, 15) is 0 Å². The lowest BCUT2D eigenvalue weighted by Gasteiger charge is -2.22. The summed E-state index contributed by atoms with van der Waals surface area (Å²) in [7, 11) is 3.68. The number of pyridine rings is 1. The fraction of sp³-hybridized carbons (Fsp3) is 0.615. The summed E-state index contributed by atoms with van der Waals surface area (Å²) >= 11 is 0. The van der Waals surface area contributed by atoms with Crippen LogP contribution < -0.4 is 15.4 Å². The van der Waals surface area contributed by atoms with Gasteiger partial charge in [0.05, 0.1) is 12.8 Å². The smallest absolute Gasteiger partial charge is 0.238 e. The van der Waals surface area contributed by atoms with Crippen molar-refractivity contribution in [2.45, 2.75) is 25.7 Å². The van der Waals surface area contributed by atoms with Crippen molar-refractivity contribution in [3.8, 4) is 5.88 Å². The maximum Gasteiger partial charge on any atom is 0.238 e. The molecule has 17 heavy (non-hydrogen) atoms. The van der Waals surface area contributed by atoms with Crippen LogP contribution in [0.5, 0.6) is 5.88 Å². The summed E-state index contributed by atoms with van der Waals surface area (Å²) in [6.45, 7) is 1.07. The second kappa shape index (κ2) is 5.25. The van der Waals surface area contributed by atoms with Crippen LogP contribution in [0.4, 0.5) is 11.5 Å². The van der Waals surface area contributed by atoms with Crippen molar-refractivity contribution in [3.63, 3.8) is 0 Å². The molecule has 0 saturated heterocycles. The molecule has 0 bridgehead atoms. The van der Waals surface area contributed by atoms with Crippen LogP contribution in [0, 0.1) is 5.92 Å². The summed E-state index contributed by atoms with van der Waals surface area (Å²) in [5.74, 6) is 2.26. The number of hydrogen-bond acceptors (Lipinski definition) is 4. The molecular formula is C13H21N3O. The van der Waals surface area contributed by atoms with E-state index in [1.54, 1.807) is 7.11 Å². The molecule has 1 fully saturated rings. The molecule has 0 aromatic carbocycles. The van der Waals surface area contributed by atoms with Crippen LogP contribution in [-0.2, 0) is 0 Å². The van der Waals surface area contributed by atoms with E-state index in [1.165, 1.54) is 25.7 Å². The molecule has 2 N–H and O–H groups in total. The van der Waals surface area contributed by atoms with Gasteiger partial charge in [0.25, 0.3) is 0 Å². The van der Waals surface area contributed by atoms with E-state index in [4.69, 9.17) is 10.5 Å². The summed E-state index contributed by atoms with van der Waals surface area (Å²) in [5.41, 5.74) is 6.35. The molecule has 0 atom stereocenters. The average molecular weight is 235 g/mol. The molecule has 4 heteroatoms. The SMILES string of the molecule is COc1nc(N(C)CC2CCCC2)ccc1N. The van der Waals surface area contributed by atoms with E-state index >= 15 is 0 Å². The normalized spacial score (nSPS) is 16.1. The number of nitrogens with zero attached hydrogens (tertiary/aromatic N) is 2. The molecule has 0 amide bonds. The van der Waals surface area contributed by atoms with Gasteiger partial charge in [0.1, 0.15) is 5.82 Å². The lowest BCUT2D eigenvalue weighted by atomic mass is 10.1. The first-order chi connectivity index (χ1) is 8.20. The van der Waals surface area contributed by atoms with E-state index in [2.05, 4.69) is 16.9 Å². The fourth-order valence-electron chi connectivity index (χ4n) is 2.49. The van der Waals surface area contributed by atoms with Gasteiger partial charge in [0.15, 0.2) is 0 Å². The summed E-state index contributed by atoms with van der Waals surface area (Å²) < 4.78 is 5.14. The first-order valence-electron chi connectivity index (χ1n) is 6.22. The highest BCUT2D eigenvalue weighted by Gasteiger charge is 2.17. The third-order valence-electron chi connectivity index (χ3n) is 3.47. The van der Waals surface area contributed by atoms with Crippen LogP contribution in [0.1, 0.15) is 25.7 Å². The van der Waals surface area contributed by atoms with Gasteiger partial charge in [0.2, 0.25) is 5.88 Å². The largest absolute Gasteiger partial charge is 0.479 e. The molecule has 94 valence electrons. The van der Waals surface area contributed by atoms with Crippen LogP contribution in [0.2, 0.25) is 0 Å². The number of rotatable bonds is 4. The van der Waals surface area contributed by atoms with Crippen molar-refractivity contribution in [2.24, 2.45) is 5.92 Å². The zero-order valence-electron chi connectivity index (χ0n) is 10.6. The number of nitrogens with two attached hydrogens (primary N) is 1. The van der Waals surface area contributed by atoms with E-state index in [0.29, 0.717) is 11.6 Å². The van der Waals surface area contributed by atoms with E-state index < -0.39 is 0 Å². The molecule has 0 spiro atoms. The Morgan fingerprint density at radius 1 is 1.41 bits per heavy atom. The third-order valence-corrected chi connectivity index (χ3v) is 3.47. The van der Waals surface area contributed by atoms with Crippen molar-refractivity contribution in [1.29, 1.82) is 0 Å². The molecule has 1 aliphatic rings. The van der Waals surface area contributed by atoms with Crippen LogP contribution in [0.15, 0.2) is 12.1 Å². The molecule has 4 nitrogen and oxygen atoms in total. The maximum absolute atomic E-state index is 5.76. The van der Waals surface area contributed by atoms with Crippen molar-refractivity contribution >= 4 is 11.5 Å². The van der Waals surface area contributed by atoms with Gasteiger partial charge in [0, 0.05) is 13.6 Å². The zero-order chi connectivity index (χ0) is 12.3. The Morgan fingerprint density at radius 3 is 2.76 bits per heavy atom. The average Bonchev–Trinajstić information content (AvgIpc) is 2.82.